The van der Waals surface area contributed by atoms with Gasteiger partial charge in [0.1, 0.15) is 0 Å². The number of halogens is 2. The lowest BCUT2D eigenvalue weighted by Crippen LogP contribution is -2.00. The highest BCUT2D eigenvalue weighted by molar-refractivity contribution is 9.10. The van der Waals surface area contributed by atoms with Crippen LogP contribution < -0.4 is 9.47 Å². The summed E-state index contributed by atoms with van der Waals surface area (Å²) < 4.78 is 11.8. The molecule has 4 heteroatoms. The van der Waals surface area contributed by atoms with Gasteiger partial charge < -0.3 is 9.47 Å². The summed E-state index contributed by atoms with van der Waals surface area (Å²) >= 11 is 7.25. The Bertz CT molecular complexity index is 609. The summed E-state index contributed by atoms with van der Waals surface area (Å²) in [5, 5.41) is 0. The van der Waals surface area contributed by atoms with Crippen molar-refractivity contribution >= 4 is 31.9 Å². The van der Waals surface area contributed by atoms with Gasteiger partial charge in [0.2, 0.25) is 0 Å². The van der Waals surface area contributed by atoms with Crippen molar-refractivity contribution in [2.24, 2.45) is 0 Å². The predicted molar refractivity (Wildman–Crippen MR) is 93.8 cm³/mol. The standard InChI is InChI=1S/C17H18Br2O2/c1-11-8-16(20-2)17(21-3)10-14(11)15(19)9-12-4-6-13(18)7-5-12/h4-8,10,15H,9H2,1-3H3. The maximum atomic E-state index is 5.40. The van der Waals surface area contributed by atoms with Crippen molar-refractivity contribution < 1.29 is 9.47 Å². The summed E-state index contributed by atoms with van der Waals surface area (Å²) in [7, 11) is 3.32. The third-order valence-corrected chi connectivity index (χ3v) is 4.78. The maximum Gasteiger partial charge on any atom is 0.161 e. The molecular weight excluding hydrogens is 396 g/mol. The Morgan fingerprint density at radius 2 is 1.57 bits per heavy atom. The van der Waals surface area contributed by atoms with Crippen molar-refractivity contribution in [3.8, 4) is 11.5 Å². The molecule has 21 heavy (non-hydrogen) atoms. The zero-order valence-corrected chi connectivity index (χ0v) is 15.5. The van der Waals surface area contributed by atoms with Crippen molar-refractivity contribution in [3.63, 3.8) is 0 Å². The summed E-state index contributed by atoms with van der Waals surface area (Å²) in [5.41, 5.74) is 3.69. The zero-order chi connectivity index (χ0) is 15.4. The highest BCUT2D eigenvalue weighted by Gasteiger charge is 2.15. The van der Waals surface area contributed by atoms with Crippen LogP contribution in [0.3, 0.4) is 0 Å². The van der Waals surface area contributed by atoms with Gasteiger partial charge in [-0.25, -0.2) is 0 Å². The molecular formula is C17H18Br2O2. The molecule has 0 saturated carbocycles. The number of hydrogen-bond donors (Lipinski definition) is 0. The number of methoxy groups -OCH3 is 2. The van der Waals surface area contributed by atoms with E-state index in [1.807, 2.05) is 12.1 Å². The van der Waals surface area contributed by atoms with Crippen LogP contribution in [0, 0.1) is 6.92 Å². The molecule has 0 N–H and O–H groups in total. The Labute approximate surface area is 142 Å². The molecule has 0 bridgehead atoms. The first kappa shape index (κ1) is 16.4. The molecule has 0 spiro atoms. The minimum Gasteiger partial charge on any atom is -0.493 e. The average Bonchev–Trinajstić information content (AvgIpc) is 2.49. The minimum atomic E-state index is 0.235. The molecule has 0 aliphatic rings. The largest absolute Gasteiger partial charge is 0.493 e. The third kappa shape index (κ3) is 4.01. The van der Waals surface area contributed by atoms with Crippen LogP contribution in [0.5, 0.6) is 11.5 Å². The Morgan fingerprint density at radius 3 is 2.14 bits per heavy atom. The van der Waals surface area contributed by atoms with E-state index in [1.54, 1.807) is 14.2 Å². The second-order valence-corrected chi connectivity index (χ2v) is 6.88. The van der Waals surface area contributed by atoms with Gasteiger partial charge in [0.25, 0.3) is 0 Å². The third-order valence-electron chi connectivity index (χ3n) is 3.44. The van der Waals surface area contributed by atoms with Crippen molar-refractivity contribution in [2.75, 3.05) is 14.2 Å². The molecule has 0 radical (unpaired) electrons. The first-order valence-electron chi connectivity index (χ1n) is 6.66. The molecule has 0 aliphatic heterocycles. The molecule has 0 saturated heterocycles. The van der Waals surface area contributed by atoms with Crippen molar-refractivity contribution in [1.29, 1.82) is 0 Å². The molecule has 1 unspecified atom stereocenters. The number of hydrogen-bond acceptors (Lipinski definition) is 2. The van der Waals surface area contributed by atoms with Gasteiger partial charge in [0.15, 0.2) is 11.5 Å². The highest BCUT2D eigenvalue weighted by atomic mass is 79.9. The molecule has 0 aromatic heterocycles. The van der Waals surface area contributed by atoms with Crippen LogP contribution in [0.4, 0.5) is 0 Å². The summed E-state index contributed by atoms with van der Waals surface area (Å²) in [5.74, 6) is 1.53. The van der Waals surface area contributed by atoms with Gasteiger partial charge in [-0.2, -0.15) is 0 Å². The number of rotatable bonds is 5. The van der Waals surface area contributed by atoms with Gasteiger partial charge in [-0.3, -0.25) is 0 Å². The van der Waals surface area contributed by atoms with Gasteiger partial charge in [-0.1, -0.05) is 44.0 Å². The first-order chi connectivity index (χ1) is 10.0. The van der Waals surface area contributed by atoms with Crippen LogP contribution >= 0.6 is 31.9 Å². The number of aryl methyl sites for hydroxylation is 1. The fourth-order valence-corrected chi connectivity index (χ4v) is 3.40. The van der Waals surface area contributed by atoms with Gasteiger partial charge >= 0.3 is 0 Å². The second-order valence-electron chi connectivity index (χ2n) is 4.86. The van der Waals surface area contributed by atoms with E-state index in [0.29, 0.717) is 0 Å². The topological polar surface area (TPSA) is 18.5 Å². The van der Waals surface area contributed by atoms with Crippen LogP contribution in [-0.4, -0.2) is 14.2 Å². The maximum absolute atomic E-state index is 5.40. The van der Waals surface area contributed by atoms with Crippen LogP contribution in [0.25, 0.3) is 0 Å². The quantitative estimate of drug-likeness (QED) is 0.606. The van der Waals surface area contributed by atoms with Crippen LogP contribution in [-0.2, 0) is 6.42 Å². The lowest BCUT2D eigenvalue weighted by molar-refractivity contribution is 0.354. The summed E-state index contributed by atoms with van der Waals surface area (Å²) in [6.45, 7) is 2.09. The van der Waals surface area contributed by atoms with E-state index < -0.39 is 0 Å². The Kier molecular flexibility index (Phi) is 5.71. The summed E-state index contributed by atoms with van der Waals surface area (Å²) in [4.78, 5) is 0.235. The molecule has 0 amide bonds. The number of alkyl halides is 1. The first-order valence-corrected chi connectivity index (χ1v) is 8.37. The van der Waals surface area contributed by atoms with Gasteiger partial charge in [0, 0.05) is 9.30 Å². The molecule has 0 fully saturated rings. The SMILES string of the molecule is COc1cc(C)c(C(Br)Cc2ccc(Br)cc2)cc1OC. The molecule has 0 aliphatic carbocycles. The fraction of sp³-hybridized carbons (Fsp3) is 0.294. The fourth-order valence-electron chi connectivity index (χ4n) is 2.27. The smallest absolute Gasteiger partial charge is 0.161 e. The highest BCUT2D eigenvalue weighted by Crippen LogP contribution is 2.37. The molecule has 1 atom stereocenters. The Hall–Kier alpha value is -1.00. The minimum absolute atomic E-state index is 0.235. The molecule has 2 nitrogen and oxygen atoms in total. The molecule has 112 valence electrons. The van der Waals surface area contributed by atoms with E-state index in [4.69, 9.17) is 9.47 Å². The van der Waals surface area contributed by atoms with Gasteiger partial charge in [-0.15, -0.1) is 0 Å². The summed E-state index contributed by atoms with van der Waals surface area (Å²) in [6.07, 6.45) is 0.920. The number of ether oxygens (including phenoxy) is 2. The number of benzene rings is 2. The van der Waals surface area contributed by atoms with Crippen LogP contribution in [0.1, 0.15) is 21.5 Å². The van der Waals surface area contributed by atoms with Crippen molar-refractivity contribution in [3.05, 3.63) is 57.6 Å². The van der Waals surface area contributed by atoms with Gasteiger partial charge in [-0.05, 0) is 54.3 Å². The van der Waals surface area contributed by atoms with E-state index in [9.17, 15) is 0 Å². The van der Waals surface area contributed by atoms with Crippen LogP contribution in [0.2, 0.25) is 0 Å². The van der Waals surface area contributed by atoms with E-state index in [0.717, 1.165) is 22.4 Å². The van der Waals surface area contributed by atoms with E-state index in [1.165, 1.54) is 16.7 Å². The predicted octanol–water partition coefficient (Wildman–Crippen LogP) is 5.45. The van der Waals surface area contributed by atoms with Crippen LogP contribution in [0.15, 0.2) is 40.9 Å². The van der Waals surface area contributed by atoms with E-state index in [2.05, 4.69) is 63.0 Å². The normalized spacial score (nSPS) is 12.0. The Morgan fingerprint density at radius 1 is 1.00 bits per heavy atom. The molecule has 2 aromatic rings. The van der Waals surface area contributed by atoms with Gasteiger partial charge in [0.05, 0.1) is 14.2 Å². The molecule has 0 heterocycles. The zero-order valence-electron chi connectivity index (χ0n) is 12.3. The Balaban J connectivity index is 2.26. The second kappa shape index (κ2) is 7.32. The van der Waals surface area contributed by atoms with E-state index >= 15 is 0 Å². The molecule has 2 rings (SSSR count). The lowest BCUT2D eigenvalue weighted by atomic mass is 9.99. The monoisotopic (exact) mass is 412 g/mol. The average molecular weight is 414 g/mol. The van der Waals surface area contributed by atoms with E-state index in [-0.39, 0.29) is 4.83 Å². The summed E-state index contributed by atoms with van der Waals surface area (Å²) in [6, 6.07) is 12.5. The molecule has 2 aromatic carbocycles. The lowest BCUT2D eigenvalue weighted by Gasteiger charge is -2.17. The van der Waals surface area contributed by atoms with Crippen molar-refractivity contribution in [1.82, 2.24) is 0 Å². The van der Waals surface area contributed by atoms with Crippen molar-refractivity contribution in [2.45, 2.75) is 18.2 Å².